The smallest absolute Gasteiger partial charge is 0.228 e. The molecule has 0 aromatic carbocycles. The molecule has 1 saturated carbocycles. The molecule has 1 N–H and O–H groups in total. The van der Waals surface area contributed by atoms with E-state index in [4.69, 9.17) is 9.16 Å². The minimum Gasteiger partial charge on any atom is -0.413 e. The molecule has 0 unspecified atom stereocenters. The summed E-state index contributed by atoms with van der Waals surface area (Å²) in [6.07, 6.45) is 2.09. The fourth-order valence-electron chi connectivity index (χ4n) is 3.62. The van der Waals surface area contributed by atoms with Crippen LogP contribution in [-0.2, 0) is 18.8 Å². The number of carbonyl (C=O) groups excluding carboxylic acids is 2. The van der Waals surface area contributed by atoms with Crippen molar-refractivity contribution in [1.29, 1.82) is 0 Å². The van der Waals surface area contributed by atoms with Crippen LogP contribution in [-0.4, -0.2) is 45.4 Å². The Labute approximate surface area is 147 Å². The van der Waals surface area contributed by atoms with Crippen molar-refractivity contribution in [2.24, 2.45) is 11.8 Å². The Morgan fingerprint density at radius 2 is 1.83 bits per heavy atom. The first-order valence-corrected chi connectivity index (χ1v) is 11.9. The number of ketones is 1. The van der Waals surface area contributed by atoms with Gasteiger partial charge in [0, 0.05) is 13.0 Å². The number of rotatable bonds is 5. The fourth-order valence-corrected chi connectivity index (χ4v) is 5.05. The Kier molecular flexibility index (Phi) is 5.62. The molecule has 138 valence electrons. The summed E-state index contributed by atoms with van der Waals surface area (Å²) >= 11 is 0. The second-order valence-corrected chi connectivity index (χ2v) is 13.6. The molecule has 24 heavy (non-hydrogen) atoms. The molecule has 0 aromatic rings. The van der Waals surface area contributed by atoms with Crippen LogP contribution in [0, 0.1) is 11.8 Å². The summed E-state index contributed by atoms with van der Waals surface area (Å²) in [5.41, 5.74) is 0. The summed E-state index contributed by atoms with van der Waals surface area (Å²) in [6.45, 7) is 13.0. The van der Waals surface area contributed by atoms with Crippen LogP contribution >= 0.6 is 0 Å². The minimum atomic E-state index is -1.95. The Balaban J connectivity index is 2.09. The molecule has 0 radical (unpaired) electrons. The number of β-lactam (4-membered cyclic amide) rings is 1. The Bertz CT molecular complexity index is 500. The lowest BCUT2D eigenvalue weighted by atomic mass is 9.71. The van der Waals surface area contributed by atoms with Gasteiger partial charge in [0.1, 0.15) is 6.10 Å². The van der Waals surface area contributed by atoms with Gasteiger partial charge in [0.05, 0.1) is 18.1 Å². The van der Waals surface area contributed by atoms with Gasteiger partial charge < -0.3 is 14.5 Å². The number of methoxy groups -OCH3 is 1. The van der Waals surface area contributed by atoms with Gasteiger partial charge in [0.25, 0.3) is 0 Å². The molecule has 1 saturated heterocycles. The third kappa shape index (κ3) is 3.60. The highest BCUT2D eigenvalue weighted by Gasteiger charge is 2.52. The maximum Gasteiger partial charge on any atom is 0.228 e. The number of ether oxygens (including phenoxy) is 1. The van der Waals surface area contributed by atoms with Crippen LogP contribution in [0.15, 0.2) is 0 Å². The topological polar surface area (TPSA) is 64.6 Å². The van der Waals surface area contributed by atoms with Gasteiger partial charge in [-0.2, -0.15) is 0 Å². The van der Waals surface area contributed by atoms with Crippen molar-refractivity contribution in [3.8, 4) is 0 Å². The van der Waals surface area contributed by atoms with E-state index < -0.39 is 8.32 Å². The summed E-state index contributed by atoms with van der Waals surface area (Å²) < 4.78 is 11.7. The van der Waals surface area contributed by atoms with Gasteiger partial charge in [-0.1, -0.05) is 20.8 Å². The summed E-state index contributed by atoms with van der Waals surface area (Å²) in [5.74, 6) is -0.225. The highest BCUT2D eigenvalue weighted by Crippen LogP contribution is 2.40. The predicted molar refractivity (Wildman–Crippen MR) is 96.3 cm³/mol. The van der Waals surface area contributed by atoms with Gasteiger partial charge in [-0.3, -0.25) is 9.59 Å². The van der Waals surface area contributed by atoms with Crippen LogP contribution in [0.25, 0.3) is 0 Å². The molecule has 1 aliphatic carbocycles. The number of Topliss-reactive ketones (excluding diaryl/α,β-unsaturated/α-hetero) is 1. The lowest BCUT2D eigenvalue weighted by Crippen LogP contribution is -2.68. The predicted octanol–water partition coefficient (Wildman–Crippen LogP) is 2.90. The van der Waals surface area contributed by atoms with Gasteiger partial charge >= 0.3 is 0 Å². The van der Waals surface area contributed by atoms with E-state index >= 15 is 0 Å². The molecule has 0 spiro atoms. The first-order chi connectivity index (χ1) is 11.0. The SMILES string of the molecule is CO[C@@H]1CCC[C@H]([C@H]2NC(=O)[C@@H]2[C@@H](C)O[Si](C)(C)C(C)(C)C)C1=O. The molecule has 0 bridgehead atoms. The lowest BCUT2D eigenvalue weighted by molar-refractivity contribution is -0.149. The number of nitrogens with one attached hydrogen (secondary N) is 1. The number of carbonyl (C=O) groups is 2. The first kappa shape index (κ1) is 19.6. The maximum absolute atomic E-state index is 12.6. The summed E-state index contributed by atoms with van der Waals surface area (Å²) in [6, 6.07) is -0.109. The van der Waals surface area contributed by atoms with Crippen molar-refractivity contribution < 1.29 is 18.8 Å². The van der Waals surface area contributed by atoms with E-state index in [0.29, 0.717) is 0 Å². The second kappa shape index (κ2) is 6.88. The van der Waals surface area contributed by atoms with Crippen LogP contribution in [0.2, 0.25) is 18.1 Å². The van der Waals surface area contributed by atoms with Crippen molar-refractivity contribution in [2.45, 2.75) is 83.3 Å². The largest absolute Gasteiger partial charge is 0.413 e. The van der Waals surface area contributed by atoms with Crippen molar-refractivity contribution in [3.05, 3.63) is 0 Å². The van der Waals surface area contributed by atoms with Crippen molar-refractivity contribution >= 4 is 20.0 Å². The van der Waals surface area contributed by atoms with E-state index in [1.165, 1.54) is 0 Å². The number of hydrogen-bond donors (Lipinski definition) is 1. The molecule has 0 aromatic heterocycles. The van der Waals surface area contributed by atoms with Gasteiger partial charge in [0.15, 0.2) is 14.1 Å². The summed E-state index contributed by atoms with van der Waals surface area (Å²) in [7, 11) is -0.361. The molecule has 2 fully saturated rings. The van der Waals surface area contributed by atoms with Crippen molar-refractivity contribution in [2.75, 3.05) is 7.11 Å². The van der Waals surface area contributed by atoms with Crippen LogP contribution in [0.4, 0.5) is 0 Å². The van der Waals surface area contributed by atoms with Gasteiger partial charge in [0.2, 0.25) is 5.91 Å². The maximum atomic E-state index is 12.6. The molecule has 2 aliphatic rings. The zero-order valence-corrected chi connectivity index (χ0v) is 17.1. The zero-order valence-electron chi connectivity index (χ0n) is 16.1. The molecule has 6 heteroatoms. The van der Waals surface area contributed by atoms with E-state index in [0.717, 1.165) is 19.3 Å². The molecule has 1 amide bonds. The monoisotopic (exact) mass is 355 g/mol. The highest BCUT2D eigenvalue weighted by molar-refractivity contribution is 6.74. The van der Waals surface area contributed by atoms with Gasteiger partial charge in [-0.25, -0.2) is 0 Å². The van der Waals surface area contributed by atoms with E-state index in [-0.39, 0.29) is 46.8 Å². The Morgan fingerprint density at radius 3 is 2.33 bits per heavy atom. The molecular weight excluding hydrogens is 322 g/mol. The quantitative estimate of drug-likeness (QED) is 0.608. The number of amides is 1. The van der Waals surface area contributed by atoms with Gasteiger partial charge in [-0.15, -0.1) is 0 Å². The van der Waals surface area contributed by atoms with Crippen LogP contribution in [0.5, 0.6) is 0 Å². The molecule has 2 rings (SSSR count). The zero-order chi connectivity index (χ0) is 18.3. The molecule has 5 atom stereocenters. The standard InChI is InChI=1S/C18H33NO4Si/c1-11(23-24(6,7)18(2,3)4)14-15(19-17(14)21)12-9-8-10-13(22-5)16(12)20/h11-15H,8-10H2,1-7H3,(H,19,21)/t11-,12-,13-,14-,15-/m1/s1. The van der Waals surface area contributed by atoms with Crippen molar-refractivity contribution in [3.63, 3.8) is 0 Å². The van der Waals surface area contributed by atoms with Gasteiger partial charge in [-0.05, 0) is 44.3 Å². The molecule has 1 aliphatic heterocycles. The third-order valence-electron chi connectivity index (χ3n) is 6.17. The van der Waals surface area contributed by atoms with E-state index in [9.17, 15) is 9.59 Å². The van der Waals surface area contributed by atoms with E-state index in [1.807, 2.05) is 6.92 Å². The first-order valence-electron chi connectivity index (χ1n) is 9.04. The van der Waals surface area contributed by atoms with Crippen LogP contribution in [0.1, 0.15) is 47.0 Å². The van der Waals surface area contributed by atoms with E-state index in [1.54, 1.807) is 7.11 Å². The normalized spacial score (nSPS) is 33.0. The van der Waals surface area contributed by atoms with Crippen LogP contribution < -0.4 is 5.32 Å². The van der Waals surface area contributed by atoms with Crippen LogP contribution in [0.3, 0.4) is 0 Å². The fraction of sp³-hybridized carbons (Fsp3) is 0.889. The van der Waals surface area contributed by atoms with Crippen molar-refractivity contribution in [1.82, 2.24) is 5.32 Å². The summed E-state index contributed by atoms with van der Waals surface area (Å²) in [5, 5.41) is 3.06. The third-order valence-corrected chi connectivity index (χ3v) is 10.7. The Morgan fingerprint density at radius 1 is 1.21 bits per heavy atom. The highest BCUT2D eigenvalue weighted by atomic mass is 28.4. The average Bonchev–Trinajstić information content (AvgIpc) is 2.43. The average molecular weight is 356 g/mol. The molecular formula is C18H33NO4Si. The number of hydrogen-bond acceptors (Lipinski definition) is 4. The molecule has 1 heterocycles. The lowest BCUT2D eigenvalue weighted by Gasteiger charge is -2.48. The molecule has 5 nitrogen and oxygen atoms in total. The second-order valence-electron chi connectivity index (χ2n) is 8.81. The summed E-state index contributed by atoms with van der Waals surface area (Å²) in [4.78, 5) is 24.8. The van der Waals surface area contributed by atoms with E-state index in [2.05, 4.69) is 39.2 Å². The Hall–Kier alpha value is -0.723. The minimum absolute atomic E-state index is 0.0125.